The second-order valence-electron chi connectivity index (χ2n) is 11.3. The summed E-state index contributed by atoms with van der Waals surface area (Å²) in [7, 11) is 0. The van der Waals surface area contributed by atoms with Gasteiger partial charge in [0.05, 0.1) is 13.2 Å². The largest absolute Gasteiger partial charge is 0.348 e. The van der Waals surface area contributed by atoms with E-state index in [1.165, 1.54) is 25.7 Å². The van der Waals surface area contributed by atoms with E-state index in [1.807, 2.05) is 0 Å². The van der Waals surface area contributed by atoms with Gasteiger partial charge in [-0.2, -0.15) is 0 Å². The van der Waals surface area contributed by atoms with Crippen LogP contribution in [0.2, 0.25) is 0 Å². The predicted molar refractivity (Wildman–Crippen MR) is 111 cm³/mol. The zero-order valence-electron chi connectivity index (χ0n) is 18.7. The van der Waals surface area contributed by atoms with Crippen molar-refractivity contribution < 1.29 is 9.47 Å². The van der Waals surface area contributed by atoms with Crippen LogP contribution < -0.4 is 0 Å². The number of ether oxygens (including phenoxy) is 2. The van der Waals surface area contributed by atoms with Crippen molar-refractivity contribution in [2.75, 3.05) is 13.2 Å². The molecule has 0 radical (unpaired) electrons. The van der Waals surface area contributed by atoms with Crippen molar-refractivity contribution in [3.63, 3.8) is 0 Å². The van der Waals surface area contributed by atoms with Crippen molar-refractivity contribution in [2.45, 2.75) is 85.9 Å². The highest BCUT2D eigenvalue weighted by Gasteiger charge is 2.61. The van der Waals surface area contributed by atoms with Crippen molar-refractivity contribution in [3.8, 4) is 0 Å². The van der Waals surface area contributed by atoms with Gasteiger partial charge in [-0.15, -0.1) is 0 Å². The quantitative estimate of drug-likeness (QED) is 0.534. The van der Waals surface area contributed by atoms with Crippen LogP contribution in [0.3, 0.4) is 0 Å². The molecule has 0 aromatic rings. The molecule has 2 nitrogen and oxygen atoms in total. The van der Waals surface area contributed by atoms with E-state index in [1.54, 1.807) is 0 Å². The Kier molecular flexibility index (Phi) is 5.71. The Hall–Kier alpha value is -0.0800. The zero-order valence-corrected chi connectivity index (χ0v) is 18.7. The van der Waals surface area contributed by atoms with E-state index in [0.29, 0.717) is 0 Å². The molecule has 156 valence electrons. The first kappa shape index (κ1) is 20.2. The summed E-state index contributed by atoms with van der Waals surface area (Å²) in [6.07, 6.45) is 7.97. The van der Waals surface area contributed by atoms with Crippen molar-refractivity contribution >= 4 is 0 Å². The number of fused-ring (bicyclic) bond motifs is 1. The lowest BCUT2D eigenvalue weighted by molar-refractivity contribution is -0.202. The van der Waals surface area contributed by atoms with Gasteiger partial charge in [0.1, 0.15) is 0 Å². The molecule has 1 heterocycles. The third-order valence-corrected chi connectivity index (χ3v) is 9.26. The molecule has 2 heteroatoms. The molecule has 4 aliphatic rings. The third-order valence-electron chi connectivity index (χ3n) is 9.26. The molecule has 0 amide bonds. The Bertz CT molecular complexity index is 506. The van der Waals surface area contributed by atoms with Crippen LogP contribution >= 0.6 is 0 Å². The Labute approximate surface area is 168 Å². The molecule has 0 bridgehead atoms. The first-order chi connectivity index (χ1) is 12.9. The molecule has 0 aromatic carbocycles. The van der Waals surface area contributed by atoms with Gasteiger partial charge in [0.2, 0.25) is 0 Å². The predicted octanol–water partition coefficient (Wildman–Crippen LogP) is 6.39. The molecular weight excluding hydrogens is 332 g/mol. The van der Waals surface area contributed by atoms with Gasteiger partial charge in [-0.05, 0) is 78.4 Å². The van der Waals surface area contributed by atoms with Crippen LogP contribution in [0.15, 0.2) is 0 Å². The van der Waals surface area contributed by atoms with Gasteiger partial charge in [0, 0.05) is 12.8 Å². The van der Waals surface area contributed by atoms with Crippen molar-refractivity contribution in [3.05, 3.63) is 0 Å². The summed E-state index contributed by atoms with van der Waals surface area (Å²) in [5.74, 6) is 9.06. The molecule has 3 saturated carbocycles. The summed E-state index contributed by atoms with van der Waals surface area (Å²) in [5, 5.41) is 0. The Morgan fingerprint density at radius 1 is 0.963 bits per heavy atom. The van der Waals surface area contributed by atoms with Gasteiger partial charge in [0.15, 0.2) is 5.79 Å². The van der Waals surface area contributed by atoms with Crippen LogP contribution in [-0.2, 0) is 9.47 Å². The highest BCUT2D eigenvalue weighted by molar-refractivity contribution is 5.09. The fraction of sp³-hybridized carbons (Fsp3) is 1.00. The maximum Gasteiger partial charge on any atom is 0.168 e. The molecule has 1 spiro atoms. The van der Waals surface area contributed by atoms with Crippen LogP contribution in [0.5, 0.6) is 0 Å². The minimum absolute atomic E-state index is 0.224. The van der Waals surface area contributed by atoms with E-state index in [4.69, 9.17) is 9.47 Å². The second kappa shape index (κ2) is 7.63. The molecule has 0 N–H and O–H groups in total. The summed E-state index contributed by atoms with van der Waals surface area (Å²) in [6, 6.07) is 0. The summed E-state index contributed by atoms with van der Waals surface area (Å²) in [5.41, 5.74) is 0. The summed E-state index contributed by atoms with van der Waals surface area (Å²) in [4.78, 5) is 0. The van der Waals surface area contributed by atoms with Crippen LogP contribution in [0.1, 0.15) is 80.1 Å². The summed E-state index contributed by atoms with van der Waals surface area (Å²) in [6.45, 7) is 16.4. The molecule has 3 aliphatic carbocycles. The first-order valence-electron chi connectivity index (χ1n) is 12.1. The summed E-state index contributed by atoms with van der Waals surface area (Å²) < 4.78 is 12.2. The second-order valence-corrected chi connectivity index (χ2v) is 11.3. The standard InChI is InChI=1S/C25H44O2/c1-7-18-13-21-20(24(21)23(18)16(4)5)12-17(6)19-8-9-25(26-10-11-27-25)14-22(19)15(2)3/h15-24H,7-14H2,1-6H3. The molecule has 27 heavy (non-hydrogen) atoms. The molecule has 4 rings (SSSR count). The van der Waals surface area contributed by atoms with E-state index < -0.39 is 0 Å². The van der Waals surface area contributed by atoms with E-state index in [9.17, 15) is 0 Å². The van der Waals surface area contributed by atoms with Crippen LogP contribution in [-0.4, -0.2) is 19.0 Å². The Balaban J connectivity index is 1.38. The lowest BCUT2D eigenvalue weighted by atomic mass is 9.65. The van der Waals surface area contributed by atoms with E-state index >= 15 is 0 Å². The van der Waals surface area contributed by atoms with Gasteiger partial charge in [-0.3, -0.25) is 0 Å². The molecule has 1 saturated heterocycles. The number of rotatable bonds is 6. The normalized spacial score (nSPS) is 44.2. The average molecular weight is 377 g/mol. The van der Waals surface area contributed by atoms with E-state index in [2.05, 4.69) is 41.5 Å². The third kappa shape index (κ3) is 3.63. The maximum absolute atomic E-state index is 6.09. The van der Waals surface area contributed by atoms with E-state index in [-0.39, 0.29) is 5.79 Å². The van der Waals surface area contributed by atoms with Gasteiger partial charge in [-0.1, -0.05) is 48.0 Å². The van der Waals surface area contributed by atoms with Crippen LogP contribution in [0, 0.1) is 59.2 Å². The van der Waals surface area contributed by atoms with Crippen molar-refractivity contribution in [2.24, 2.45) is 59.2 Å². The number of hydrogen-bond donors (Lipinski definition) is 0. The Morgan fingerprint density at radius 2 is 1.67 bits per heavy atom. The van der Waals surface area contributed by atoms with Gasteiger partial charge in [-0.25, -0.2) is 0 Å². The minimum Gasteiger partial charge on any atom is -0.348 e. The molecule has 0 aromatic heterocycles. The molecular formula is C25H44O2. The lowest BCUT2D eigenvalue weighted by Gasteiger charge is -2.45. The van der Waals surface area contributed by atoms with Gasteiger partial charge in [0.25, 0.3) is 0 Å². The molecule has 1 aliphatic heterocycles. The van der Waals surface area contributed by atoms with Gasteiger partial charge >= 0.3 is 0 Å². The van der Waals surface area contributed by atoms with Crippen LogP contribution in [0.25, 0.3) is 0 Å². The van der Waals surface area contributed by atoms with Crippen LogP contribution in [0.4, 0.5) is 0 Å². The SMILES string of the molecule is CCC1CC2C(CC(C)C3CCC4(CC3C(C)C)OCCO4)C2C1C(C)C. The van der Waals surface area contributed by atoms with Crippen molar-refractivity contribution in [1.82, 2.24) is 0 Å². The highest BCUT2D eigenvalue weighted by atomic mass is 16.7. The monoisotopic (exact) mass is 376 g/mol. The number of hydrogen-bond acceptors (Lipinski definition) is 2. The minimum atomic E-state index is -0.224. The fourth-order valence-electron chi connectivity index (χ4n) is 7.97. The summed E-state index contributed by atoms with van der Waals surface area (Å²) >= 11 is 0. The smallest absolute Gasteiger partial charge is 0.168 e. The maximum atomic E-state index is 6.09. The fourth-order valence-corrected chi connectivity index (χ4v) is 7.97. The average Bonchev–Trinajstić information content (AvgIpc) is 3.00. The highest BCUT2D eigenvalue weighted by Crippen LogP contribution is 2.67. The molecule has 8 atom stereocenters. The lowest BCUT2D eigenvalue weighted by Crippen LogP contribution is -2.43. The van der Waals surface area contributed by atoms with E-state index in [0.717, 1.165) is 85.2 Å². The zero-order chi connectivity index (χ0) is 19.3. The molecule has 8 unspecified atom stereocenters. The topological polar surface area (TPSA) is 18.5 Å². The van der Waals surface area contributed by atoms with Gasteiger partial charge < -0.3 is 9.47 Å². The molecule has 4 fully saturated rings. The first-order valence-corrected chi connectivity index (χ1v) is 12.1. The Morgan fingerprint density at radius 3 is 2.26 bits per heavy atom. The van der Waals surface area contributed by atoms with Crippen molar-refractivity contribution in [1.29, 1.82) is 0 Å².